The van der Waals surface area contributed by atoms with E-state index in [-0.39, 0.29) is 5.82 Å². The van der Waals surface area contributed by atoms with Crippen molar-refractivity contribution in [3.05, 3.63) is 34.1 Å². The molecule has 0 amide bonds. The third-order valence-electron chi connectivity index (χ3n) is 2.71. The molecule has 96 valence electrons. The molecule has 2 aromatic rings. The number of anilines is 1. The maximum absolute atomic E-state index is 13.9. The van der Waals surface area contributed by atoms with E-state index in [0.717, 1.165) is 16.5 Å². The molecule has 1 heterocycles. The van der Waals surface area contributed by atoms with Crippen LogP contribution < -0.4 is 5.73 Å². The third kappa shape index (κ3) is 2.56. The minimum Gasteiger partial charge on any atom is -0.382 e. The van der Waals surface area contributed by atoms with Gasteiger partial charge in [0, 0.05) is 15.6 Å². The number of aromatic amines is 1. The second kappa shape index (κ2) is 5.10. The molecule has 0 unspecified atom stereocenters. The second-order valence-corrected chi connectivity index (χ2v) is 5.60. The molecular formula is C13H15BrFN3. The lowest BCUT2D eigenvalue weighted by Crippen LogP contribution is -1.99. The van der Waals surface area contributed by atoms with Crippen LogP contribution in [0.4, 0.5) is 10.2 Å². The summed E-state index contributed by atoms with van der Waals surface area (Å²) in [6.45, 7) is 4.18. The summed E-state index contributed by atoms with van der Waals surface area (Å²) in [6, 6.07) is 4.82. The number of nitrogen functional groups attached to an aromatic ring is 1. The SMILES string of the molecule is CC(C)Cc1c(N)n[nH]c1-c1cc(Br)ccc1F. The molecule has 3 nitrogen and oxygen atoms in total. The lowest BCUT2D eigenvalue weighted by Gasteiger charge is -2.08. The first-order valence-corrected chi connectivity index (χ1v) is 6.56. The minimum atomic E-state index is -0.285. The fourth-order valence-corrected chi connectivity index (χ4v) is 2.27. The summed E-state index contributed by atoms with van der Waals surface area (Å²) in [6.07, 6.45) is 0.767. The first kappa shape index (κ1) is 13.1. The number of H-pyrrole nitrogens is 1. The van der Waals surface area contributed by atoms with Crippen molar-refractivity contribution in [2.45, 2.75) is 20.3 Å². The van der Waals surface area contributed by atoms with Gasteiger partial charge in [-0.3, -0.25) is 5.10 Å². The smallest absolute Gasteiger partial charge is 0.149 e. The predicted molar refractivity (Wildman–Crippen MR) is 74.6 cm³/mol. The Balaban J connectivity index is 2.53. The Hall–Kier alpha value is -1.36. The molecule has 2 rings (SSSR count). The van der Waals surface area contributed by atoms with Gasteiger partial charge < -0.3 is 5.73 Å². The molecule has 0 fully saturated rings. The molecule has 1 aromatic carbocycles. The average molecular weight is 312 g/mol. The van der Waals surface area contributed by atoms with E-state index in [9.17, 15) is 4.39 Å². The summed E-state index contributed by atoms with van der Waals surface area (Å²) in [5.74, 6) is 0.587. The van der Waals surface area contributed by atoms with E-state index < -0.39 is 0 Å². The molecule has 0 saturated carbocycles. The molecule has 0 atom stereocenters. The van der Waals surface area contributed by atoms with Gasteiger partial charge in [0.25, 0.3) is 0 Å². The van der Waals surface area contributed by atoms with Crippen molar-refractivity contribution in [1.29, 1.82) is 0 Å². The highest BCUT2D eigenvalue weighted by Crippen LogP contribution is 2.31. The molecule has 0 aliphatic rings. The average Bonchev–Trinajstić information content (AvgIpc) is 2.64. The number of aromatic nitrogens is 2. The molecule has 0 bridgehead atoms. The van der Waals surface area contributed by atoms with E-state index in [1.165, 1.54) is 6.07 Å². The predicted octanol–water partition coefficient (Wildman–Crippen LogP) is 3.76. The number of benzene rings is 1. The number of halogens is 2. The van der Waals surface area contributed by atoms with E-state index >= 15 is 0 Å². The Bertz CT molecular complexity index is 563. The van der Waals surface area contributed by atoms with Crippen molar-refractivity contribution in [3.8, 4) is 11.3 Å². The van der Waals surface area contributed by atoms with Crippen LogP contribution in [0.2, 0.25) is 0 Å². The minimum absolute atomic E-state index is 0.285. The van der Waals surface area contributed by atoms with Crippen molar-refractivity contribution in [3.63, 3.8) is 0 Å². The van der Waals surface area contributed by atoms with Gasteiger partial charge in [0.05, 0.1) is 5.69 Å². The lowest BCUT2D eigenvalue weighted by atomic mass is 9.99. The fraction of sp³-hybridized carbons (Fsp3) is 0.308. The van der Waals surface area contributed by atoms with Crippen LogP contribution in [0.5, 0.6) is 0 Å². The first-order valence-electron chi connectivity index (χ1n) is 5.77. The topological polar surface area (TPSA) is 54.7 Å². The van der Waals surface area contributed by atoms with E-state index in [1.807, 2.05) is 0 Å². The highest BCUT2D eigenvalue weighted by Gasteiger charge is 2.17. The summed E-state index contributed by atoms with van der Waals surface area (Å²) in [5.41, 5.74) is 7.87. The Morgan fingerprint density at radius 1 is 1.44 bits per heavy atom. The van der Waals surface area contributed by atoms with Crippen LogP contribution in [0.1, 0.15) is 19.4 Å². The van der Waals surface area contributed by atoms with Crippen molar-refractivity contribution in [2.24, 2.45) is 5.92 Å². The van der Waals surface area contributed by atoms with Crippen LogP contribution in [0.15, 0.2) is 22.7 Å². The zero-order valence-corrected chi connectivity index (χ0v) is 11.9. The van der Waals surface area contributed by atoms with Crippen LogP contribution in [-0.2, 0) is 6.42 Å². The van der Waals surface area contributed by atoms with Crippen LogP contribution in [0.3, 0.4) is 0 Å². The Morgan fingerprint density at radius 2 is 2.17 bits per heavy atom. The van der Waals surface area contributed by atoms with Crippen molar-refractivity contribution in [1.82, 2.24) is 10.2 Å². The standard InChI is InChI=1S/C13H15BrFN3/c1-7(2)5-10-12(17-18-13(10)16)9-6-8(14)3-4-11(9)15/h3-4,6-7H,5H2,1-2H3,(H3,16,17,18). The number of nitrogens with two attached hydrogens (primary N) is 1. The molecule has 18 heavy (non-hydrogen) atoms. The van der Waals surface area contributed by atoms with Crippen LogP contribution in [-0.4, -0.2) is 10.2 Å². The van der Waals surface area contributed by atoms with Crippen molar-refractivity contribution >= 4 is 21.7 Å². The Kier molecular flexibility index (Phi) is 3.71. The quantitative estimate of drug-likeness (QED) is 0.906. The fourth-order valence-electron chi connectivity index (χ4n) is 1.91. The molecule has 3 N–H and O–H groups in total. The summed E-state index contributed by atoms with van der Waals surface area (Å²) >= 11 is 3.34. The number of rotatable bonds is 3. The van der Waals surface area contributed by atoms with Gasteiger partial charge >= 0.3 is 0 Å². The van der Waals surface area contributed by atoms with E-state index in [2.05, 4.69) is 40.0 Å². The van der Waals surface area contributed by atoms with Gasteiger partial charge in [0.1, 0.15) is 11.6 Å². The van der Waals surface area contributed by atoms with E-state index in [0.29, 0.717) is 23.0 Å². The molecular weight excluding hydrogens is 297 g/mol. The Morgan fingerprint density at radius 3 is 2.83 bits per heavy atom. The summed E-state index contributed by atoms with van der Waals surface area (Å²) < 4.78 is 14.7. The van der Waals surface area contributed by atoms with Crippen molar-refractivity contribution in [2.75, 3.05) is 5.73 Å². The summed E-state index contributed by atoms with van der Waals surface area (Å²) in [4.78, 5) is 0. The van der Waals surface area contributed by atoms with Gasteiger partial charge in [-0.2, -0.15) is 5.10 Å². The lowest BCUT2D eigenvalue weighted by molar-refractivity contribution is 0.628. The second-order valence-electron chi connectivity index (χ2n) is 4.68. The van der Waals surface area contributed by atoms with Gasteiger partial charge in [-0.25, -0.2) is 4.39 Å². The monoisotopic (exact) mass is 311 g/mol. The Labute approximate surface area is 114 Å². The number of nitrogens with one attached hydrogen (secondary N) is 1. The molecule has 0 aliphatic carbocycles. The van der Waals surface area contributed by atoms with Crippen LogP contribution >= 0.6 is 15.9 Å². The largest absolute Gasteiger partial charge is 0.382 e. The highest BCUT2D eigenvalue weighted by molar-refractivity contribution is 9.10. The maximum Gasteiger partial charge on any atom is 0.149 e. The molecule has 0 radical (unpaired) electrons. The first-order chi connectivity index (χ1) is 8.49. The molecule has 0 spiro atoms. The normalized spacial score (nSPS) is 11.2. The zero-order valence-electron chi connectivity index (χ0n) is 10.3. The van der Waals surface area contributed by atoms with E-state index in [1.54, 1.807) is 12.1 Å². The van der Waals surface area contributed by atoms with Gasteiger partial charge in [0.2, 0.25) is 0 Å². The summed E-state index contributed by atoms with van der Waals surface area (Å²) in [5, 5.41) is 6.82. The van der Waals surface area contributed by atoms with Crippen LogP contribution in [0, 0.1) is 11.7 Å². The number of nitrogens with zero attached hydrogens (tertiary/aromatic N) is 1. The van der Waals surface area contributed by atoms with E-state index in [4.69, 9.17) is 5.73 Å². The number of hydrogen-bond acceptors (Lipinski definition) is 2. The van der Waals surface area contributed by atoms with Gasteiger partial charge in [-0.1, -0.05) is 29.8 Å². The zero-order chi connectivity index (χ0) is 13.3. The number of hydrogen-bond donors (Lipinski definition) is 2. The molecule has 5 heteroatoms. The third-order valence-corrected chi connectivity index (χ3v) is 3.20. The van der Waals surface area contributed by atoms with Gasteiger partial charge in [-0.15, -0.1) is 0 Å². The molecule has 0 aliphatic heterocycles. The molecule has 1 aromatic heterocycles. The summed E-state index contributed by atoms with van der Waals surface area (Å²) in [7, 11) is 0. The molecule has 0 saturated heterocycles. The van der Waals surface area contributed by atoms with Gasteiger partial charge in [0.15, 0.2) is 0 Å². The van der Waals surface area contributed by atoms with Crippen LogP contribution in [0.25, 0.3) is 11.3 Å². The highest BCUT2D eigenvalue weighted by atomic mass is 79.9. The maximum atomic E-state index is 13.9. The van der Waals surface area contributed by atoms with Crippen molar-refractivity contribution < 1.29 is 4.39 Å². The van der Waals surface area contributed by atoms with Gasteiger partial charge in [-0.05, 0) is 30.5 Å².